The lowest BCUT2D eigenvalue weighted by Crippen LogP contribution is -2.11. The average molecular weight is 415 g/mol. The van der Waals surface area contributed by atoms with Crippen molar-refractivity contribution in [2.75, 3.05) is 0 Å². The molecule has 31 heavy (non-hydrogen) atoms. The zero-order valence-corrected chi connectivity index (χ0v) is 20.5. The second kappa shape index (κ2) is 11.0. The summed E-state index contributed by atoms with van der Waals surface area (Å²) in [7, 11) is 0. The van der Waals surface area contributed by atoms with Crippen molar-refractivity contribution in [3.63, 3.8) is 0 Å². The number of benzene rings is 1. The molecule has 0 heteroatoms. The average Bonchev–Trinajstić information content (AvgIpc) is 3.22. The Bertz CT molecular complexity index is 865. The Balaban J connectivity index is 1.76. The summed E-state index contributed by atoms with van der Waals surface area (Å²) < 4.78 is 0. The van der Waals surface area contributed by atoms with Gasteiger partial charge in [-0.05, 0) is 92.4 Å². The largest absolute Gasteiger partial charge is 0.0955 e. The van der Waals surface area contributed by atoms with Crippen molar-refractivity contribution in [2.24, 2.45) is 23.7 Å². The molecule has 3 unspecified atom stereocenters. The van der Waals surface area contributed by atoms with Crippen molar-refractivity contribution in [1.29, 1.82) is 0 Å². The van der Waals surface area contributed by atoms with Crippen molar-refractivity contribution >= 4 is 5.57 Å². The molecule has 0 amide bonds. The first-order valence-corrected chi connectivity index (χ1v) is 12.3. The molecule has 0 aliphatic heterocycles. The van der Waals surface area contributed by atoms with Crippen molar-refractivity contribution in [3.8, 4) is 0 Å². The van der Waals surface area contributed by atoms with Gasteiger partial charge in [-0.15, -0.1) is 0 Å². The highest BCUT2D eigenvalue weighted by Gasteiger charge is 2.24. The fourth-order valence-electron chi connectivity index (χ4n) is 5.30. The fraction of sp³-hybridized carbons (Fsp3) is 0.484. The lowest BCUT2D eigenvalue weighted by molar-refractivity contribution is 0.414. The molecule has 0 N–H and O–H groups in total. The number of hydrogen-bond acceptors (Lipinski definition) is 0. The van der Waals surface area contributed by atoms with Gasteiger partial charge in [0.2, 0.25) is 0 Å². The van der Waals surface area contributed by atoms with Gasteiger partial charge in [0.15, 0.2) is 0 Å². The van der Waals surface area contributed by atoms with Gasteiger partial charge in [-0.1, -0.05) is 99.1 Å². The van der Waals surface area contributed by atoms with E-state index in [1.807, 2.05) is 0 Å². The monoisotopic (exact) mass is 414 g/mol. The van der Waals surface area contributed by atoms with Crippen molar-refractivity contribution < 1.29 is 0 Å². The second-order valence-electron chi connectivity index (χ2n) is 10.1. The van der Waals surface area contributed by atoms with Crippen molar-refractivity contribution in [1.82, 2.24) is 0 Å². The van der Waals surface area contributed by atoms with Gasteiger partial charge in [-0.25, -0.2) is 0 Å². The second-order valence-corrected chi connectivity index (χ2v) is 10.1. The molecule has 1 aromatic carbocycles. The minimum absolute atomic E-state index is 0.596. The third-order valence-corrected chi connectivity index (χ3v) is 7.69. The minimum Gasteiger partial charge on any atom is -0.0955 e. The highest BCUT2D eigenvalue weighted by molar-refractivity contribution is 5.68. The standard InChI is InChI=1S/C31H42/c1-22(2)31(26(6)25(5)29-13-10-11-14-29)20-24(4)28-18-16-27(17-19-28)21-30-15-9-7-8-12-23(30)3/h8-9,12,15-20,23,25,29-30H,1,7,10-11,13-14,21H2,2-6H3/b24-20+,31-26+. The maximum Gasteiger partial charge on any atom is -0.0133 e. The van der Waals surface area contributed by atoms with Gasteiger partial charge in [-0.3, -0.25) is 0 Å². The molecule has 1 saturated carbocycles. The highest BCUT2D eigenvalue weighted by atomic mass is 14.3. The van der Waals surface area contributed by atoms with E-state index in [0.29, 0.717) is 17.8 Å². The van der Waals surface area contributed by atoms with Crippen LogP contribution in [0.1, 0.15) is 77.8 Å². The summed E-state index contributed by atoms with van der Waals surface area (Å²) in [6, 6.07) is 9.24. The van der Waals surface area contributed by atoms with E-state index in [9.17, 15) is 0 Å². The topological polar surface area (TPSA) is 0 Å². The Morgan fingerprint density at radius 3 is 2.32 bits per heavy atom. The molecule has 1 aromatic rings. The van der Waals surface area contributed by atoms with Crippen LogP contribution in [0.5, 0.6) is 0 Å². The third kappa shape index (κ3) is 6.22. The molecule has 3 atom stereocenters. The van der Waals surface area contributed by atoms with Crippen LogP contribution >= 0.6 is 0 Å². The maximum absolute atomic E-state index is 4.31. The van der Waals surface area contributed by atoms with Crippen LogP contribution in [0.15, 0.2) is 77.9 Å². The summed E-state index contributed by atoms with van der Waals surface area (Å²) in [5.41, 5.74) is 8.11. The van der Waals surface area contributed by atoms with Crippen LogP contribution < -0.4 is 0 Å². The molecule has 0 radical (unpaired) electrons. The molecular weight excluding hydrogens is 372 g/mol. The lowest BCUT2D eigenvalue weighted by Gasteiger charge is -2.23. The minimum atomic E-state index is 0.596. The Morgan fingerprint density at radius 2 is 1.68 bits per heavy atom. The van der Waals surface area contributed by atoms with Crippen molar-refractivity contribution in [3.05, 3.63) is 89.1 Å². The molecule has 0 bridgehead atoms. The molecule has 2 aliphatic rings. The van der Waals surface area contributed by atoms with E-state index in [2.05, 4.69) is 95.8 Å². The van der Waals surface area contributed by atoms with Crippen LogP contribution in [0.4, 0.5) is 0 Å². The zero-order valence-electron chi connectivity index (χ0n) is 20.5. The summed E-state index contributed by atoms with van der Waals surface area (Å²) in [6.07, 6.45) is 19.5. The smallest absolute Gasteiger partial charge is 0.0133 e. The summed E-state index contributed by atoms with van der Waals surface area (Å²) >= 11 is 0. The SMILES string of the molecule is C=C(C)C(/C=C(\C)c1ccc(CC2C=CCC=CC2C)cc1)=C(\C)C(C)C1CCCC1. The first-order valence-electron chi connectivity index (χ1n) is 12.3. The molecule has 0 aromatic heterocycles. The number of rotatable bonds is 7. The summed E-state index contributed by atoms with van der Waals surface area (Å²) in [5.74, 6) is 2.69. The van der Waals surface area contributed by atoms with Crippen LogP contribution in [0, 0.1) is 23.7 Å². The Labute approximate surface area is 191 Å². The molecule has 2 aliphatic carbocycles. The van der Waals surface area contributed by atoms with Gasteiger partial charge in [0.25, 0.3) is 0 Å². The molecular formula is C31H42. The summed E-state index contributed by atoms with van der Waals surface area (Å²) in [6.45, 7) is 15.8. The molecule has 1 fully saturated rings. The van der Waals surface area contributed by atoms with Crippen LogP contribution in [0.25, 0.3) is 5.57 Å². The zero-order chi connectivity index (χ0) is 22.4. The Hall–Kier alpha value is -2.08. The van der Waals surface area contributed by atoms with E-state index < -0.39 is 0 Å². The molecule has 0 spiro atoms. The van der Waals surface area contributed by atoms with Gasteiger partial charge in [0.1, 0.15) is 0 Å². The molecule has 3 rings (SSSR count). The normalized spacial score (nSPS) is 24.1. The van der Waals surface area contributed by atoms with Gasteiger partial charge in [0.05, 0.1) is 0 Å². The van der Waals surface area contributed by atoms with Crippen LogP contribution in [0.3, 0.4) is 0 Å². The van der Waals surface area contributed by atoms with Crippen LogP contribution in [0.2, 0.25) is 0 Å². The van der Waals surface area contributed by atoms with E-state index in [0.717, 1.165) is 18.8 Å². The highest BCUT2D eigenvalue weighted by Crippen LogP contribution is 2.37. The molecule has 0 saturated heterocycles. The summed E-state index contributed by atoms with van der Waals surface area (Å²) in [5, 5.41) is 0. The van der Waals surface area contributed by atoms with Crippen molar-refractivity contribution in [2.45, 2.75) is 73.1 Å². The first-order chi connectivity index (χ1) is 14.9. The number of allylic oxidation sites excluding steroid dienone is 9. The quantitative estimate of drug-likeness (QED) is 0.308. The maximum atomic E-state index is 4.31. The van der Waals surface area contributed by atoms with Crippen LogP contribution in [-0.2, 0) is 6.42 Å². The van der Waals surface area contributed by atoms with E-state index in [-0.39, 0.29) is 0 Å². The van der Waals surface area contributed by atoms with E-state index in [1.165, 1.54) is 59.1 Å². The number of hydrogen-bond donors (Lipinski definition) is 0. The molecule has 166 valence electrons. The van der Waals surface area contributed by atoms with Gasteiger partial charge < -0.3 is 0 Å². The molecule has 0 heterocycles. The Morgan fingerprint density at radius 1 is 1.03 bits per heavy atom. The van der Waals surface area contributed by atoms with Gasteiger partial charge in [-0.2, -0.15) is 0 Å². The van der Waals surface area contributed by atoms with E-state index >= 15 is 0 Å². The lowest BCUT2D eigenvalue weighted by atomic mass is 9.82. The predicted octanol–water partition coefficient (Wildman–Crippen LogP) is 9.12. The van der Waals surface area contributed by atoms with E-state index in [1.54, 1.807) is 0 Å². The fourth-order valence-corrected chi connectivity index (χ4v) is 5.30. The Kier molecular flexibility index (Phi) is 8.35. The first kappa shape index (κ1) is 23.6. The predicted molar refractivity (Wildman–Crippen MR) is 138 cm³/mol. The molecule has 0 nitrogen and oxygen atoms in total. The van der Waals surface area contributed by atoms with Gasteiger partial charge >= 0.3 is 0 Å². The van der Waals surface area contributed by atoms with Crippen LogP contribution in [-0.4, -0.2) is 0 Å². The van der Waals surface area contributed by atoms with E-state index in [4.69, 9.17) is 0 Å². The third-order valence-electron chi connectivity index (χ3n) is 7.69. The summed E-state index contributed by atoms with van der Waals surface area (Å²) in [4.78, 5) is 0. The van der Waals surface area contributed by atoms with Gasteiger partial charge in [0, 0.05) is 0 Å².